The first-order valence-electron chi connectivity index (χ1n) is 6.15. The number of aromatic hydroxyl groups is 1. The van der Waals surface area contributed by atoms with Gasteiger partial charge in [0, 0.05) is 0 Å². The molecule has 0 spiro atoms. The fraction of sp³-hybridized carbons (Fsp3) is 0.500. The van der Waals surface area contributed by atoms with Gasteiger partial charge in [-0.2, -0.15) is 0 Å². The second-order valence-electron chi connectivity index (χ2n) is 5.47. The van der Waals surface area contributed by atoms with E-state index in [1.807, 2.05) is 0 Å². The number of nitrogens with one attached hydrogen (secondary N) is 1. The molecule has 0 aliphatic rings. The van der Waals surface area contributed by atoms with E-state index in [0.717, 1.165) is 0 Å². The highest BCUT2D eigenvalue weighted by molar-refractivity contribution is 5.68. The maximum absolute atomic E-state index is 11.6. The Morgan fingerprint density at radius 1 is 1.37 bits per heavy atom. The number of ether oxygens (including phenoxy) is 1. The largest absolute Gasteiger partial charge is 0.508 e. The van der Waals surface area contributed by atoms with Crippen molar-refractivity contribution in [3.8, 4) is 5.75 Å². The molecule has 0 aromatic heterocycles. The number of aliphatic hydroxyl groups excluding tert-OH is 1. The second-order valence-corrected chi connectivity index (χ2v) is 5.47. The molecule has 0 aliphatic carbocycles. The van der Waals surface area contributed by atoms with Crippen molar-refractivity contribution in [3.05, 3.63) is 29.8 Å². The first-order chi connectivity index (χ1) is 8.69. The highest BCUT2D eigenvalue weighted by Gasteiger charge is 2.22. The van der Waals surface area contributed by atoms with E-state index in [2.05, 4.69) is 5.32 Å². The Hall–Kier alpha value is -1.75. The fourth-order valence-electron chi connectivity index (χ4n) is 1.57. The molecule has 0 radical (unpaired) electrons. The molecule has 3 N–H and O–H groups in total. The molecule has 5 nitrogen and oxygen atoms in total. The maximum Gasteiger partial charge on any atom is 0.407 e. The van der Waals surface area contributed by atoms with E-state index in [1.54, 1.807) is 39.8 Å². The summed E-state index contributed by atoms with van der Waals surface area (Å²) in [6, 6.07) is 5.75. The summed E-state index contributed by atoms with van der Waals surface area (Å²) < 4.78 is 5.11. The molecule has 0 saturated heterocycles. The van der Waals surface area contributed by atoms with Gasteiger partial charge in [0.25, 0.3) is 0 Å². The van der Waals surface area contributed by atoms with E-state index in [4.69, 9.17) is 4.74 Å². The van der Waals surface area contributed by atoms with Crippen molar-refractivity contribution in [2.24, 2.45) is 0 Å². The van der Waals surface area contributed by atoms with Crippen molar-refractivity contribution in [3.63, 3.8) is 0 Å². The molecule has 0 fully saturated rings. The molecular formula is C14H21NO4. The molecule has 0 bridgehead atoms. The van der Waals surface area contributed by atoms with Gasteiger partial charge < -0.3 is 20.3 Å². The minimum Gasteiger partial charge on any atom is -0.508 e. The van der Waals surface area contributed by atoms with Crippen molar-refractivity contribution in [1.29, 1.82) is 0 Å². The number of alkyl carbamates (subject to hydrolysis) is 1. The Bertz CT molecular complexity index is 439. The molecule has 1 amide bonds. The third kappa shape index (κ3) is 5.18. The van der Waals surface area contributed by atoms with Crippen LogP contribution in [-0.2, 0) is 4.74 Å². The van der Waals surface area contributed by atoms with Crippen molar-refractivity contribution in [1.82, 2.24) is 5.32 Å². The van der Waals surface area contributed by atoms with Crippen LogP contribution < -0.4 is 5.32 Å². The predicted octanol–water partition coefficient (Wildman–Crippen LogP) is 2.34. The fourth-order valence-corrected chi connectivity index (χ4v) is 1.57. The molecule has 5 heteroatoms. The van der Waals surface area contributed by atoms with Crippen molar-refractivity contribution < 1.29 is 19.7 Å². The normalized spacial score (nSPS) is 14.6. The van der Waals surface area contributed by atoms with E-state index in [-0.39, 0.29) is 5.75 Å². The van der Waals surface area contributed by atoms with Crippen LogP contribution in [0, 0.1) is 0 Å². The first-order valence-corrected chi connectivity index (χ1v) is 6.15. The van der Waals surface area contributed by atoms with Crippen molar-refractivity contribution >= 4 is 6.09 Å². The molecule has 1 aromatic carbocycles. The average molecular weight is 267 g/mol. The summed E-state index contributed by atoms with van der Waals surface area (Å²) in [5.74, 6) is 0.0704. The van der Waals surface area contributed by atoms with Gasteiger partial charge in [-0.3, -0.25) is 0 Å². The summed E-state index contributed by atoms with van der Waals surface area (Å²) in [7, 11) is 0. The van der Waals surface area contributed by atoms with E-state index in [0.29, 0.717) is 5.56 Å². The molecule has 106 valence electrons. The quantitative estimate of drug-likeness (QED) is 0.785. The van der Waals surface area contributed by atoms with Gasteiger partial charge >= 0.3 is 6.09 Å². The minimum absolute atomic E-state index is 0.0704. The third-order valence-corrected chi connectivity index (χ3v) is 2.43. The SMILES string of the molecule is C[C@H](NC(=O)OC(C)(C)C)[C@H](O)c1cccc(O)c1. The zero-order chi connectivity index (χ0) is 14.6. The number of carbonyl (C=O) groups excluding carboxylic acids is 1. The lowest BCUT2D eigenvalue weighted by Crippen LogP contribution is -2.40. The lowest BCUT2D eigenvalue weighted by atomic mass is 10.0. The molecule has 1 rings (SSSR count). The van der Waals surface area contributed by atoms with E-state index >= 15 is 0 Å². The lowest BCUT2D eigenvalue weighted by molar-refractivity contribution is 0.0436. The van der Waals surface area contributed by atoms with Gasteiger partial charge in [0.05, 0.1) is 12.1 Å². The lowest BCUT2D eigenvalue weighted by Gasteiger charge is -2.24. The van der Waals surface area contributed by atoms with Gasteiger partial charge in [-0.1, -0.05) is 12.1 Å². The van der Waals surface area contributed by atoms with Crippen LogP contribution in [0.25, 0.3) is 0 Å². The predicted molar refractivity (Wildman–Crippen MR) is 71.9 cm³/mol. The summed E-state index contributed by atoms with van der Waals surface area (Å²) in [6.07, 6.45) is -1.50. The van der Waals surface area contributed by atoms with E-state index in [1.165, 1.54) is 12.1 Å². The molecule has 0 saturated carbocycles. The highest BCUT2D eigenvalue weighted by Crippen LogP contribution is 2.21. The van der Waals surface area contributed by atoms with Crippen LogP contribution in [0.5, 0.6) is 5.75 Å². The maximum atomic E-state index is 11.6. The number of amides is 1. The Balaban J connectivity index is 2.63. The Morgan fingerprint density at radius 2 is 2.00 bits per heavy atom. The van der Waals surface area contributed by atoms with Gasteiger partial charge in [-0.15, -0.1) is 0 Å². The number of aliphatic hydroxyl groups is 1. The van der Waals surface area contributed by atoms with Crippen LogP contribution in [-0.4, -0.2) is 27.9 Å². The summed E-state index contributed by atoms with van der Waals surface area (Å²) in [5.41, 5.74) is -0.0525. The summed E-state index contributed by atoms with van der Waals surface area (Å²) >= 11 is 0. The Labute approximate surface area is 113 Å². The summed E-state index contributed by atoms with van der Waals surface area (Å²) in [4.78, 5) is 11.6. The zero-order valence-corrected chi connectivity index (χ0v) is 11.7. The van der Waals surface area contributed by atoms with Crippen LogP contribution in [0.15, 0.2) is 24.3 Å². The molecule has 0 unspecified atom stereocenters. The number of phenols is 1. The van der Waals surface area contributed by atoms with Gasteiger partial charge in [0.1, 0.15) is 11.4 Å². The Morgan fingerprint density at radius 3 is 2.53 bits per heavy atom. The molecule has 0 aliphatic heterocycles. The molecule has 1 aromatic rings. The standard InChI is InChI=1S/C14H21NO4/c1-9(15-13(18)19-14(2,3)4)12(17)10-6-5-7-11(16)8-10/h5-9,12,16-17H,1-4H3,(H,15,18)/t9-,12-/m0/s1. The topological polar surface area (TPSA) is 78.8 Å². The Kier molecular flexibility index (Phi) is 4.78. The van der Waals surface area contributed by atoms with Crippen LogP contribution in [0.2, 0.25) is 0 Å². The molecule has 0 heterocycles. The van der Waals surface area contributed by atoms with Crippen molar-refractivity contribution in [2.45, 2.75) is 45.4 Å². The van der Waals surface area contributed by atoms with Crippen LogP contribution in [0.4, 0.5) is 4.79 Å². The van der Waals surface area contributed by atoms with Crippen molar-refractivity contribution in [2.75, 3.05) is 0 Å². The molecule has 19 heavy (non-hydrogen) atoms. The monoisotopic (exact) mass is 267 g/mol. The second kappa shape index (κ2) is 5.93. The van der Waals surface area contributed by atoms with E-state index in [9.17, 15) is 15.0 Å². The van der Waals surface area contributed by atoms with Gasteiger partial charge in [-0.25, -0.2) is 4.79 Å². The van der Waals surface area contributed by atoms with E-state index < -0.39 is 23.8 Å². The summed E-state index contributed by atoms with van der Waals surface area (Å²) in [5, 5.41) is 22.0. The number of hydrogen-bond acceptors (Lipinski definition) is 4. The first kappa shape index (κ1) is 15.3. The molecular weight excluding hydrogens is 246 g/mol. The highest BCUT2D eigenvalue weighted by atomic mass is 16.6. The van der Waals surface area contributed by atoms with Gasteiger partial charge in [-0.05, 0) is 45.4 Å². The number of rotatable bonds is 3. The summed E-state index contributed by atoms with van der Waals surface area (Å²) in [6.45, 7) is 6.97. The number of hydrogen-bond donors (Lipinski definition) is 3. The smallest absolute Gasteiger partial charge is 0.407 e. The number of benzene rings is 1. The number of phenolic OH excluding ortho intramolecular Hbond substituents is 1. The zero-order valence-electron chi connectivity index (χ0n) is 11.7. The molecule has 2 atom stereocenters. The van der Waals surface area contributed by atoms with Crippen LogP contribution in [0.3, 0.4) is 0 Å². The van der Waals surface area contributed by atoms with Gasteiger partial charge in [0.2, 0.25) is 0 Å². The van der Waals surface area contributed by atoms with Crippen LogP contribution in [0.1, 0.15) is 39.4 Å². The van der Waals surface area contributed by atoms with Gasteiger partial charge in [0.15, 0.2) is 0 Å². The third-order valence-electron chi connectivity index (χ3n) is 2.43. The minimum atomic E-state index is -0.917. The number of carbonyl (C=O) groups is 1. The average Bonchev–Trinajstić information content (AvgIpc) is 2.25. The van der Waals surface area contributed by atoms with Crippen LogP contribution >= 0.6 is 0 Å².